The lowest BCUT2D eigenvalue weighted by molar-refractivity contribution is -0.146. The summed E-state index contributed by atoms with van der Waals surface area (Å²) < 4.78 is 1.32. The zero-order valence-electron chi connectivity index (χ0n) is 13.5. The fraction of sp³-hybridized carbons (Fsp3) is 0.353. The zero-order valence-corrected chi connectivity index (χ0v) is 13.5. The van der Waals surface area contributed by atoms with E-state index in [2.05, 4.69) is 17.3 Å². The second-order valence-corrected chi connectivity index (χ2v) is 5.94. The Labute approximate surface area is 135 Å². The minimum absolute atomic E-state index is 0.161. The molecule has 0 aliphatic heterocycles. The Morgan fingerprint density at radius 2 is 2.00 bits per heavy atom. The van der Waals surface area contributed by atoms with Crippen LogP contribution < -0.4 is 5.32 Å². The number of anilines is 1. The van der Waals surface area contributed by atoms with Gasteiger partial charge in [0.25, 0.3) is 0 Å². The molecule has 1 aromatic heterocycles. The minimum Gasteiger partial charge on any atom is -0.479 e. The Morgan fingerprint density at radius 1 is 1.30 bits per heavy atom. The van der Waals surface area contributed by atoms with Gasteiger partial charge in [0.2, 0.25) is 5.91 Å². The highest BCUT2D eigenvalue weighted by atomic mass is 16.4. The van der Waals surface area contributed by atoms with Gasteiger partial charge < -0.3 is 10.4 Å². The third-order valence-corrected chi connectivity index (χ3v) is 3.73. The average Bonchev–Trinajstić information content (AvgIpc) is 2.96. The van der Waals surface area contributed by atoms with E-state index in [-0.39, 0.29) is 12.3 Å². The van der Waals surface area contributed by atoms with Crippen molar-refractivity contribution in [2.45, 2.75) is 39.2 Å². The van der Waals surface area contributed by atoms with Gasteiger partial charge in [-0.15, -0.1) is 0 Å². The number of carboxylic acids is 1. The van der Waals surface area contributed by atoms with Gasteiger partial charge in [-0.2, -0.15) is 5.10 Å². The van der Waals surface area contributed by atoms with Crippen LogP contribution in [0.5, 0.6) is 0 Å². The summed E-state index contributed by atoms with van der Waals surface area (Å²) in [6.07, 6.45) is 4.16. The van der Waals surface area contributed by atoms with Crippen molar-refractivity contribution in [3.05, 3.63) is 47.8 Å². The van der Waals surface area contributed by atoms with Gasteiger partial charge in [-0.05, 0) is 31.4 Å². The maximum absolute atomic E-state index is 12.1. The molecular weight excluding hydrogens is 294 g/mol. The summed E-state index contributed by atoms with van der Waals surface area (Å²) in [5.41, 5.74) is 1.45. The Hall–Kier alpha value is -2.63. The molecule has 6 nitrogen and oxygen atoms in total. The number of amides is 1. The van der Waals surface area contributed by atoms with E-state index in [4.69, 9.17) is 0 Å². The first-order chi connectivity index (χ1) is 10.8. The molecule has 0 atom stereocenters. The molecule has 0 radical (unpaired) electrons. The summed E-state index contributed by atoms with van der Waals surface area (Å²) in [6, 6.07) is 7.89. The van der Waals surface area contributed by atoms with Gasteiger partial charge in [-0.3, -0.25) is 9.48 Å². The molecule has 0 aliphatic carbocycles. The summed E-state index contributed by atoms with van der Waals surface area (Å²) in [7, 11) is 0. The van der Waals surface area contributed by atoms with Crippen LogP contribution in [0.1, 0.15) is 31.9 Å². The van der Waals surface area contributed by atoms with Crippen molar-refractivity contribution in [3.63, 3.8) is 0 Å². The van der Waals surface area contributed by atoms with Crippen LogP contribution in [0, 0.1) is 0 Å². The molecule has 0 unspecified atom stereocenters. The number of carbonyl (C=O) groups excluding carboxylic acids is 1. The first-order valence-corrected chi connectivity index (χ1v) is 7.49. The predicted octanol–water partition coefficient (Wildman–Crippen LogP) is 2.45. The molecule has 6 heteroatoms. The zero-order chi connectivity index (χ0) is 17.0. The molecule has 0 saturated carbocycles. The molecule has 23 heavy (non-hydrogen) atoms. The van der Waals surface area contributed by atoms with Gasteiger partial charge in [0.15, 0.2) is 5.54 Å². The van der Waals surface area contributed by atoms with Crippen molar-refractivity contribution >= 4 is 17.6 Å². The third kappa shape index (κ3) is 3.97. The highest BCUT2D eigenvalue weighted by Gasteiger charge is 2.30. The predicted molar refractivity (Wildman–Crippen MR) is 87.3 cm³/mol. The average molecular weight is 315 g/mol. The first kappa shape index (κ1) is 16.7. The van der Waals surface area contributed by atoms with Crippen molar-refractivity contribution in [3.8, 4) is 0 Å². The number of nitrogens with zero attached hydrogens (tertiary/aromatic N) is 2. The Kier molecular flexibility index (Phi) is 4.83. The summed E-state index contributed by atoms with van der Waals surface area (Å²) >= 11 is 0. The lowest BCUT2D eigenvalue weighted by atomic mass is 10.1. The van der Waals surface area contributed by atoms with Crippen LogP contribution in [0.25, 0.3) is 0 Å². The van der Waals surface area contributed by atoms with E-state index >= 15 is 0 Å². The molecule has 0 aliphatic rings. The number of aryl methyl sites for hydroxylation is 1. The minimum atomic E-state index is -1.17. The number of rotatable bonds is 6. The second-order valence-electron chi connectivity index (χ2n) is 5.94. The van der Waals surface area contributed by atoms with E-state index in [9.17, 15) is 14.7 Å². The second kappa shape index (κ2) is 6.64. The van der Waals surface area contributed by atoms with Crippen molar-refractivity contribution < 1.29 is 14.7 Å². The van der Waals surface area contributed by atoms with E-state index in [0.717, 1.165) is 12.0 Å². The van der Waals surface area contributed by atoms with Gasteiger partial charge in [0, 0.05) is 6.20 Å². The SMILES string of the molecule is CCc1cccc(CC(=O)Nc2cnn(C(C)(C)C(=O)O)c2)c1. The number of hydrogen-bond donors (Lipinski definition) is 2. The molecule has 0 saturated heterocycles. The maximum Gasteiger partial charge on any atom is 0.331 e. The lowest BCUT2D eigenvalue weighted by Crippen LogP contribution is -2.35. The number of nitrogens with one attached hydrogen (secondary N) is 1. The first-order valence-electron chi connectivity index (χ1n) is 7.49. The number of aliphatic carboxylic acids is 1. The fourth-order valence-corrected chi connectivity index (χ4v) is 2.14. The Bertz CT molecular complexity index is 719. The third-order valence-electron chi connectivity index (χ3n) is 3.73. The molecule has 2 rings (SSSR count). The Morgan fingerprint density at radius 3 is 2.65 bits per heavy atom. The molecule has 122 valence electrons. The van der Waals surface area contributed by atoms with E-state index in [0.29, 0.717) is 5.69 Å². The standard InChI is InChI=1S/C17H21N3O3/c1-4-12-6-5-7-13(8-12)9-15(21)19-14-10-18-20(11-14)17(2,3)16(22)23/h5-8,10-11H,4,9H2,1-3H3,(H,19,21)(H,22,23). The van der Waals surface area contributed by atoms with Gasteiger partial charge in [0.1, 0.15) is 0 Å². The highest BCUT2D eigenvalue weighted by Crippen LogP contribution is 2.17. The lowest BCUT2D eigenvalue weighted by Gasteiger charge is -2.19. The van der Waals surface area contributed by atoms with Gasteiger partial charge in [0.05, 0.1) is 18.3 Å². The summed E-state index contributed by atoms with van der Waals surface area (Å²) in [6.45, 7) is 5.16. The monoisotopic (exact) mass is 315 g/mol. The molecule has 0 spiro atoms. The van der Waals surface area contributed by atoms with Crippen LogP contribution in [0.4, 0.5) is 5.69 Å². The van der Waals surface area contributed by atoms with Gasteiger partial charge >= 0.3 is 5.97 Å². The maximum atomic E-state index is 12.1. The molecule has 0 bridgehead atoms. The molecule has 0 fully saturated rings. The van der Waals surface area contributed by atoms with Crippen LogP contribution in [0.15, 0.2) is 36.7 Å². The van der Waals surface area contributed by atoms with Crippen LogP contribution in [-0.2, 0) is 28.0 Å². The van der Waals surface area contributed by atoms with Gasteiger partial charge in [-0.1, -0.05) is 31.2 Å². The van der Waals surface area contributed by atoms with Gasteiger partial charge in [-0.25, -0.2) is 4.79 Å². The number of hydrogen-bond acceptors (Lipinski definition) is 3. The van der Waals surface area contributed by atoms with Crippen molar-refractivity contribution in [1.82, 2.24) is 9.78 Å². The van der Waals surface area contributed by atoms with Crippen molar-refractivity contribution in [1.29, 1.82) is 0 Å². The van der Waals surface area contributed by atoms with E-state index < -0.39 is 11.5 Å². The highest BCUT2D eigenvalue weighted by molar-refractivity contribution is 5.92. The molecule has 1 amide bonds. The number of aromatic nitrogens is 2. The fourth-order valence-electron chi connectivity index (χ4n) is 2.14. The van der Waals surface area contributed by atoms with Crippen LogP contribution in [0.3, 0.4) is 0 Å². The topological polar surface area (TPSA) is 84.2 Å². The largest absolute Gasteiger partial charge is 0.479 e. The van der Waals surface area contributed by atoms with E-state index in [1.54, 1.807) is 13.8 Å². The van der Waals surface area contributed by atoms with E-state index in [1.807, 2.05) is 24.3 Å². The summed E-state index contributed by atoms with van der Waals surface area (Å²) in [5.74, 6) is -1.15. The Balaban J connectivity index is 2.03. The van der Waals surface area contributed by atoms with Crippen molar-refractivity contribution in [2.24, 2.45) is 0 Å². The molecular formula is C17H21N3O3. The van der Waals surface area contributed by atoms with E-state index in [1.165, 1.54) is 22.6 Å². The normalized spacial score (nSPS) is 11.3. The molecule has 1 heterocycles. The quantitative estimate of drug-likeness (QED) is 0.857. The summed E-state index contributed by atoms with van der Waals surface area (Å²) in [4.78, 5) is 23.3. The molecule has 1 aromatic carbocycles. The smallest absolute Gasteiger partial charge is 0.331 e. The summed E-state index contributed by atoms with van der Waals surface area (Å²) in [5, 5.41) is 15.9. The number of benzene rings is 1. The van der Waals surface area contributed by atoms with Crippen molar-refractivity contribution in [2.75, 3.05) is 5.32 Å². The van der Waals surface area contributed by atoms with Crippen LogP contribution in [-0.4, -0.2) is 26.8 Å². The molecule has 2 aromatic rings. The van der Waals surface area contributed by atoms with Crippen LogP contribution in [0.2, 0.25) is 0 Å². The van der Waals surface area contributed by atoms with Crippen LogP contribution >= 0.6 is 0 Å². The number of carbonyl (C=O) groups is 2. The number of carboxylic acid groups (broad SMARTS) is 1. The molecule has 2 N–H and O–H groups in total.